The first-order chi connectivity index (χ1) is 23.5. The highest BCUT2D eigenvalue weighted by Gasteiger charge is 2.17. The van der Waals surface area contributed by atoms with Crippen LogP contribution in [-0.4, -0.2) is 4.98 Å². The number of rotatable bonds is 12. The molecule has 0 radical (unpaired) electrons. The van der Waals surface area contributed by atoms with Gasteiger partial charge in [0.2, 0.25) is 0 Å². The molecule has 238 valence electrons. The van der Waals surface area contributed by atoms with Crippen LogP contribution in [0.25, 0.3) is 35.6 Å². The maximum atomic E-state index is 6.52. The average Bonchev–Trinajstić information content (AvgIpc) is 3.13. The highest BCUT2D eigenvalue weighted by molar-refractivity contribution is 5.84. The fraction of sp³-hybridized carbons (Fsp3) is 0.133. The van der Waals surface area contributed by atoms with Gasteiger partial charge in [0, 0.05) is 22.9 Å². The molecule has 0 saturated heterocycles. The van der Waals surface area contributed by atoms with Gasteiger partial charge >= 0.3 is 0 Å². The van der Waals surface area contributed by atoms with E-state index in [1.54, 1.807) is 0 Å². The van der Waals surface area contributed by atoms with Crippen molar-refractivity contribution in [3.63, 3.8) is 0 Å². The second kappa shape index (κ2) is 15.8. The summed E-state index contributed by atoms with van der Waals surface area (Å²) in [4.78, 5) is 4.70. The third kappa shape index (κ3) is 8.18. The van der Waals surface area contributed by atoms with Crippen LogP contribution in [-0.2, 0) is 13.2 Å². The second-order valence-electron chi connectivity index (χ2n) is 12.2. The van der Waals surface area contributed by atoms with Crippen molar-refractivity contribution in [1.82, 2.24) is 4.98 Å². The van der Waals surface area contributed by atoms with Gasteiger partial charge in [-0.3, -0.25) is 4.98 Å². The van der Waals surface area contributed by atoms with Crippen LogP contribution in [0.4, 0.5) is 0 Å². The summed E-state index contributed by atoms with van der Waals surface area (Å²) in [6.07, 6.45) is 10.5. The van der Waals surface area contributed by atoms with Crippen molar-refractivity contribution in [2.45, 2.75) is 39.9 Å². The van der Waals surface area contributed by atoms with E-state index in [4.69, 9.17) is 14.5 Å². The molecular weight excluding hydrogens is 587 g/mol. The Hall–Kier alpha value is -5.67. The number of hydrogen-bond acceptors (Lipinski definition) is 3. The lowest BCUT2D eigenvalue weighted by Gasteiger charge is -2.20. The first-order valence-electron chi connectivity index (χ1n) is 16.5. The maximum Gasteiger partial charge on any atom is 0.127 e. The van der Waals surface area contributed by atoms with Gasteiger partial charge < -0.3 is 9.47 Å². The lowest BCUT2D eigenvalue weighted by molar-refractivity contribution is 0.282. The number of benzene rings is 5. The molecule has 6 rings (SSSR count). The molecule has 3 nitrogen and oxygen atoms in total. The molecule has 0 N–H and O–H groups in total. The molecule has 1 aromatic heterocycles. The van der Waals surface area contributed by atoms with Crippen LogP contribution >= 0.6 is 0 Å². The Labute approximate surface area is 284 Å². The summed E-state index contributed by atoms with van der Waals surface area (Å²) in [6.45, 7) is 7.50. The number of pyridine rings is 1. The van der Waals surface area contributed by atoms with Gasteiger partial charge in [0.25, 0.3) is 0 Å². The van der Waals surface area contributed by atoms with Crippen LogP contribution in [0, 0.1) is 6.92 Å². The number of aryl methyl sites for hydroxylation is 1. The second-order valence-corrected chi connectivity index (χ2v) is 12.2. The van der Waals surface area contributed by atoms with Gasteiger partial charge in [0.15, 0.2) is 0 Å². The third-order valence-corrected chi connectivity index (χ3v) is 8.31. The molecule has 0 amide bonds. The summed E-state index contributed by atoms with van der Waals surface area (Å²) in [7, 11) is 0. The minimum absolute atomic E-state index is 0.210. The van der Waals surface area contributed by atoms with Crippen molar-refractivity contribution < 1.29 is 9.47 Å². The third-order valence-electron chi connectivity index (χ3n) is 8.31. The molecule has 3 heteroatoms. The monoisotopic (exact) mass is 627 g/mol. The van der Waals surface area contributed by atoms with Gasteiger partial charge in [0.05, 0.1) is 5.69 Å². The Morgan fingerprint density at radius 3 is 1.75 bits per heavy atom. The molecule has 0 bridgehead atoms. The van der Waals surface area contributed by atoms with Crippen LogP contribution in [0.2, 0.25) is 0 Å². The van der Waals surface area contributed by atoms with Crippen molar-refractivity contribution in [3.8, 4) is 22.8 Å². The molecule has 0 fully saturated rings. The number of aromatic nitrogens is 1. The van der Waals surface area contributed by atoms with Crippen LogP contribution in [0.3, 0.4) is 0 Å². The number of nitrogens with zero attached hydrogens (tertiary/aromatic N) is 1. The highest BCUT2D eigenvalue weighted by Crippen LogP contribution is 2.38. The molecule has 0 aliphatic rings. The predicted octanol–water partition coefficient (Wildman–Crippen LogP) is 11.7. The molecule has 0 unspecified atom stereocenters. The Kier molecular flexibility index (Phi) is 10.6. The number of hydrogen-bond donors (Lipinski definition) is 0. The summed E-state index contributed by atoms with van der Waals surface area (Å²) in [6, 6.07) is 45.7. The van der Waals surface area contributed by atoms with Gasteiger partial charge in [-0.2, -0.15) is 0 Å². The summed E-state index contributed by atoms with van der Waals surface area (Å²) in [5.41, 5.74) is 11.0. The molecule has 0 spiro atoms. The molecule has 48 heavy (non-hydrogen) atoms. The minimum Gasteiger partial charge on any atom is -0.488 e. The molecular formula is C45H41NO2. The lowest BCUT2D eigenvalue weighted by atomic mass is 9.96. The normalized spacial score (nSPS) is 11.4. The van der Waals surface area contributed by atoms with Crippen LogP contribution in [0.5, 0.6) is 11.5 Å². The molecule has 0 aliphatic carbocycles. The standard InChI is InChI=1S/C45H41NO2/c1-33(2)44-42(47-31-35-16-7-4-8-17-35)29-37(30-43(44)48-32-36-18-9-5-10-19-36)24-25-38-22-13-15-34(3)41(38)27-26-40-23-14-28-46-45(40)39-20-11-6-12-21-39/h4-30,33H,31-32H2,1-3H3. The fourth-order valence-corrected chi connectivity index (χ4v) is 5.82. The Morgan fingerprint density at radius 1 is 0.583 bits per heavy atom. The minimum atomic E-state index is 0.210. The smallest absolute Gasteiger partial charge is 0.127 e. The van der Waals surface area contributed by atoms with Crippen LogP contribution in [0.1, 0.15) is 64.3 Å². The molecule has 0 saturated carbocycles. The Morgan fingerprint density at radius 2 is 1.15 bits per heavy atom. The SMILES string of the molecule is Cc1cccc(C=Cc2cc(OCc3ccccc3)c(C(C)C)c(OCc3ccccc3)c2)c1C=Cc1cccnc1-c1ccccc1. The van der Waals surface area contributed by atoms with Crippen LogP contribution in [0.15, 0.2) is 140 Å². The van der Waals surface area contributed by atoms with Gasteiger partial charge in [-0.15, -0.1) is 0 Å². The topological polar surface area (TPSA) is 31.4 Å². The van der Waals surface area contributed by atoms with E-state index >= 15 is 0 Å². The lowest BCUT2D eigenvalue weighted by Crippen LogP contribution is -2.05. The van der Waals surface area contributed by atoms with E-state index in [1.165, 1.54) is 5.56 Å². The summed E-state index contributed by atoms with van der Waals surface area (Å²) >= 11 is 0. The molecule has 1 heterocycles. The zero-order valence-corrected chi connectivity index (χ0v) is 27.8. The van der Waals surface area contributed by atoms with E-state index in [-0.39, 0.29) is 5.92 Å². The number of ether oxygens (including phenoxy) is 2. The van der Waals surface area contributed by atoms with Gasteiger partial charge in [-0.1, -0.05) is 153 Å². The van der Waals surface area contributed by atoms with E-state index in [2.05, 4.69) is 118 Å². The van der Waals surface area contributed by atoms with Crippen LogP contribution < -0.4 is 9.47 Å². The largest absolute Gasteiger partial charge is 0.488 e. The quantitative estimate of drug-likeness (QED) is 0.127. The Bertz CT molecular complexity index is 1930. The zero-order chi connectivity index (χ0) is 33.1. The van der Waals surface area contributed by atoms with Crippen molar-refractivity contribution in [2.75, 3.05) is 0 Å². The van der Waals surface area contributed by atoms with Crippen molar-refractivity contribution in [2.24, 2.45) is 0 Å². The van der Waals surface area contributed by atoms with Crippen molar-refractivity contribution in [3.05, 3.63) is 184 Å². The van der Waals surface area contributed by atoms with Crippen molar-refractivity contribution in [1.29, 1.82) is 0 Å². The van der Waals surface area contributed by atoms with Gasteiger partial charge in [-0.05, 0) is 64.4 Å². The summed E-state index contributed by atoms with van der Waals surface area (Å²) < 4.78 is 13.0. The first-order valence-corrected chi connectivity index (χ1v) is 16.5. The predicted molar refractivity (Wildman–Crippen MR) is 201 cm³/mol. The fourth-order valence-electron chi connectivity index (χ4n) is 5.82. The average molecular weight is 628 g/mol. The van der Waals surface area contributed by atoms with Crippen molar-refractivity contribution >= 4 is 24.3 Å². The Balaban J connectivity index is 1.34. The zero-order valence-electron chi connectivity index (χ0n) is 27.8. The first kappa shape index (κ1) is 32.3. The van der Waals surface area contributed by atoms with Gasteiger partial charge in [-0.25, -0.2) is 0 Å². The highest BCUT2D eigenvalue weighted by atomic mass is 16.5. The van der Waals surface area contributed by atoms with E-state index in [9.17, 15) is 0 Å². The van der Waals surface area contributed by atoms with Gasteiger partial charge in [0.1, 0.15) is 24.7 Å². The molecule has 5 aromatic carbocycles. The van der Waals surface area contributed by atoms with E-state index < -0.39 is 0 Å². The van der Waals surface area contributed by atoms with E-state index in [0.29, 0.717) is 13.2 Å². The maximum absolute atomic E-state index is 6.52. The summed E-state index contributed by atoms with van der Waals surface area (Å²) in [5.74, 6) is 1.89. The summed E-state index contributed by atoms with van der Waals surface area (Å²) in [5, 5.41) is 0. The molecule has 6 aromatic rings. The molecule has 0 atom stereocenters. The van der Waals surface area contributed by atoms with E-state index in [0.717, 1.165) is 61.7 Å². The molecule has 0 aliphatic heterocycles. The van der Waals surface area contributed by atoms with E-state index in [1.807, 2.05) is 66.9 Å².